The third-order valence-electron chi connectivity index (χ3n) is 1.52. The van der Waals surface area contributed by atoms with Gasteiger partial charge in [-0.05, 0) is 12.1 Å². The second kappa shape index (κ2) is 3.32. The SMILES string of the molecule is O=Cc1cnoc1-c1ccc(Cl)s1. The zero-order valence-corrected chi connectivity index (χ0v) is 7.93. The minimum absolute atomic E-state index is 0.443. The van der Waals surface area contributed by atoms with Gasteiger partial charge in [0.1, 0.15) is 0 Å². The van der Waals surface area contributed by atoms with Crippen LogP contribution >= 0.6 is 22.9 Å². The van der Waals surface area contributed by atoms with Crippen LogP contribution in [0.5, 0.6) is 0 Å². The summed E-state index contributed by atoms with van der Waals surface area (Å²) in [6.07, 6.45) is 2.09. The molecule has 0 saturated carbocycles. The van der Waals surface area contributed by atoms with Gasteiger partial charge >= 0.3 is 0 Å². The van der Waals surface area contributed by atoms with Gasteiger partial charge in [-0.2, -0.15) is 0 Å². The van der Waals surface area contributed by atoms with Crippen molar-refractivity contribution in [2.75, 3.05) is 0 Å². The molecule has 0 amide bonds. The lowest BCUT2D eigenvalue weighted by molar-refractivity contribution is 0.112. The predicted molar refractivity (Wildman–Crippen MR) is 50.2 cm³/mol. The summed E-state index contributed by atoms with van der Waals surface area (Å²) >= 11 is 7.09. The van der Waals surface area contributed by atoms with Crippen molar-refractivity contribution in [1.82, 2.24) is 5.16 Å². The first kappa shape index (κ1) is 8.47. The number of carbonyl (C=O) groups excluding carboxylic acids is 1. The van der Waals surface area contributed by atoms with Crippen molar-refractivity contribution in [3.63, 3.8) is 0 Å². The second-order valence-electron chi connectivity index (χ2n) is 2.33. The summed E-state index contributed by atoms with van der Waals surface area (Å²) in [5.41, 5.74) is 0.443. The van der Waals surface area contributed by atoms with Crippen LogP contribution in [0.15, 0.2) is 22.9 Å². The standard InChI is InChI=1S/C8H4ClNO2S/c9-7-2-1-6(13-7)8-5(4-11)3-10-12-8/h1-4H. The number of hydrogen-bond acceptors (Lipinski definition) is 4. The summed E-state index contributed by atoms with van der Waals surface area (Å²) in [4.78, 5) is 11.4. The molecule has 0 bridgehead atoms. The first-order valence-corrected chi connectivity index (χ1v) is 4.66. The fourth-order valence-corrected chi connectivity index (χ4v) is 2.00. The van der Waals surface area contributed by atoms with Gasteiger partial charge < -0.3 is 4.52 Å². The van der Waals surface area contributed by atoms with Crippen molar-refractivity contribution in [3.8, 4) is 10.6 Å². The fraction of sp³-hybridized carbons (Fsp3) is 0. The minimum Gasteiger partial charge on any atom is -0.355 e. The maximum atomic E-state index is 10.5. The quantitative estimate of drug-likeness (QED) is 0.721. The monoisotopic (exact) mass is 213 g/mol. The Morgan fingerprint density at radius 1 is 1.54 bits per heavy atom. The molecule has 0 saturated heterocycles. The van der Waals surface area contributed by atoms with Crippen LogP contribution in [0.4, 0.5) is 0 Å². The number of rotatable bonds is 2. The van der Waals surface area contributed by atoms with Crippen molar-refractivity contribution >= 4 is 29.2 Å². The lowest BCUT2D eigenvalue weighted by atomic mass is 10.2. The average molecular weight is 214 g/mol. The van der Waals surface area contributed by atoms with E-state index in [-0.39, 0.29) is 0 Å². The van der Waals surface area contributed by atoms with Gasteiger partial charge in [-0.3, -0.25) is 4.79 Å². The largest absolute Gasteiger partial charge is 0.355 e. The van der Waals surface area contributed by atoms with E-state index in [0.29, 0.717) is 21.9 Å². The summed E-state index contributed by atoms with van der Waals surface area (Å²) in [6, 6.07) is 3.54. The summed E-state index contributed by atoms with van der Waals surface area (Å²) in [5, 5.41) is 3.54. The topological polar surface area (TPSA) is 43.1 Å². The molecule has 0 unspecified atom stereocenters. The molecule has 2 aromatic rings. The molecule has 0 aromatic carbocycles. The van der Waals surface area contributed by atoms with Crippen molar-refractivity contribution < 1.29 is 9.32 Å². The van der Waals surface area contributed by atoms with Gasteiger partial charge in [-0.25, -0.2) is 0 Å². The molecule has 2 rings (SSSR count). The number of nitrogens with zero attached hydrogens (tertiary/aromatic N) is 1. The van der Waals surface area contributed by atoms with Crippen LogP contribution in [0.3, 0.4) is 0 Å². The van der Waals surface area contributed by atoms with Crippen LogP contribution in [0.2, 0.25) is 4.34 Å². The maximum absolute atomic E-state index is 10.5. The maximum Gasteiger partial charge on any atom is 0.187 e. The van der Waals surface area contributed by atoms with Crippen LogP contribution in [-0.4, -0.2) is 11.4 Å². The van der Waals surface area contributed by atoms with Crippen molar-refractivity contribution in [2.45, 2.75) is 0 Å². The molecule has 13 heavy (non-hydrogen) atoms. The highest BCUT2D eigenvalue weighted by Gasteiger charge is 2.11. The normalized spacial score (nSPS) is 10.2. The number of hydrogen-bond donors (Lipinski definition) is 0. The second-order valence-corrected chi connectivity index (χ2v) is 4.05. The zero-order valence-electron chi connectivity index (χ0n) is 6.36. The van der Waals surface area contributed by atoms with Gasteiger partial charge in [-0.15, -0.1) is 11.3 Å². The molecule has 0 spiro atoms. The molecule has 0 N–H and O–H groups in total. The van der Waals surface area contributed by atoms with Crippen LogP contribution < -0.4 is 0 Å². The zero-order chi connectivity index (χ0) is 9.26. The van der Waals surface area contributed by atoms with E-state index in [4.69, 9.17) is 16.1 Å². The molecule has 2 heterocycles. The number of thiophene rings is 1. The number of halogens is 1. The van der Waals surface area contributed by atoms with E-state index in [2.05, 4.69) is 5.16 Å². The van der Waals surface area contributed by atoms with E-state index < -0.39 is 0 Å². The predicted octanol–water partition coefficient (Wildman–Crippen LogP) is 2.87. The molecular weight excluding hydrogens is 210 g/mol. The molecule has 0 atom stereocenters. The first-order valence-electron chi connectivity index (χ1n) is 3.47. The Balaban J connectivity index is 2.51. The highest BCUT2D eigenvalue weighted by Crippen LogP contribution is 2.32. The van der Waals surface area contributed by atoms with Gasteiger partial charge in [0, 0.05) is 0 Å². The third kappa shape index (κ3) is 1.50. The van der Waals surface area contributed by atoms with Gasteiger partial charge in [0.05, 0.1) is 21.0 Å². The lowest BCUT2D eigenvalue weighted by Gasteiger charge is -1.87. The molecule has 0 aliphatic rings. The van der Waals surface area contributed by atoms with Gasteiger partial charge in [0.15, 0.2) is 12.0 Å². The Hall–Kier alpha value is -1.13. The van der Waals surface area contributed by atoms with Crippen LogP contribution in [0, 0.1) is 0 Å². The summed E-state index contributed by atoms with van der Waals surface area (Å²) in [6.45, 7) is 0. The Labute approximate surface area is 82.9 Å². The highest BCUT2D eigenvalue weighted by atomic mass is 35.5. The number of carbonyl (C=O) groups is 1. The minimum atomic E-state index is 0.443. The lowest BCUT2D eigenvalue weighted by Crippen LogP contribution is -1.76. The van der Waals surface area contributed by atoms with E-state index in [1.54, 1.807) is 12.1 Å². The molecule has 5 heteroatoms. The van der Waals surface area contributed by atoms with E-state index in [0.717, 1.165) is 4.88 Å². The van der Waals surface area contributed by atoms with E-state index in [1.165, 1.54) is 17.5 Å². The van der Waals surface area contributed by atoms with E-state index in [9.17, 15) is 4.79 Å². The number of aldehydes is 1. The molecule has 3 nitrogen and oxygen atoms in total. The molecule has 0 aliphatic carbocycles. The molecule has 0 aliphatic heterocycles. The van der Waals surface area contributed by atoms with Gasteiger partial charge in [0.25, 0.3) is 0 Å². The highest BCUT2D eigenvalue weighted by molar-refractivity contribution is 7.19. The van der Waals surface area contributed by atoms with Crippen molar-refractivity contribution in [2.24, 2.45) is 0 Å². The molecule has 66 valence electrons. The molecule has 2 aromatic heterocycles. The Morgan fingerprint density at radius 2 is 2.38 bits per heavy atom. The van der Waals surface area contributed by atoms with E-state index in [1.807, 2.05) is 0 Å². The third-order valence-corrected chi connectivity index (χ3v) is 2.75. The van der Waals surface area contributed by atoms with Gasteiger partial charge in [-0.1, -0.05) is 16.8 Å². The average Bonchev–Trinajstić information content (AvgIpc) is 2.71. The molecule has 0 fully saturated rings. The summed E-state index contributed by atoms with van der Waals surface area (Å²) < 4.78 is 5.58. The van der Waals surface area contributed by atoms with Crippen molar-refractivity contribution in [1.29, 1.82) is 0 Å². The Morgan fingerprint density at radius 3 is 3.00 bits per heavy atom. The Kier molecular flexibility index (Phi) is 2.16. The molecule has 0 radical (unpaired) electrons. The number of aromatic nitrogens is 1. The van der Waals surface area contributed by atoms with Crippen LogP contribution in [0.1, 0.15) is 10.4 Å². The smallest absolute Gasteiger partial charge is 0.187 e. The van der Waals surface area contributed by atoms with Crippen LogP contribution in [0.25, 0.3) is 10.6 Å². The summed E-state index contributed by atoms with van der Waals surface area (Å²) in [5.74, 6) is 0.479. The van der Waals surface area contributed by atoms with Gasteiger partial charge in [0.2, 0.25) is 0 Å². The Bertz CT molecular complexity index is 435. The van der Waals surface area contributed by atoms with Crippen molar-refractivity contribution in [3.05, 3.63) is 28.2 Å². The summed E-state index contributed by atoms with van der Waals surface area (Å²) in [7, 11) is 0. The molecular formula is C8H4ClNO2S. The first-order chi connectivity index (χ1) is 6.31. The van der Waals surface area contributed by atoms with Crippen LogP contribution in [-0.2, 0) is 0 Å². The van der Waals surface area contributed by atoms with E-state index >= 15 is 0 Å². The fourth-order valence-electron chi connectivity index (χ4n) is 0.955.